The fraction of sp³-hybridized carbons (Fsp3) is 0.474. The Morgan fingerprint density at radius 2 is 1.79 bits per heavy atom. The van der Waals surface area contributed by atoms with E-state index in [0.717, 1.165) is 17.7 Å². The van der Waals surface area contributed by atoms with E-state index < -0.39 is 0 Å². The van der Waals surface area contributed by atoms with Crippen LogP contribution in [0.4, 0.5) is 0 Å². The summed E-state index contributed by atoms with van der Waals surface area (Å²) in [6, 6.07) is 0. The Labute approximate surface area is 147 Å². The van der Waals surface area contributed by atoms with Crippen molar-refractivity contribution in [3.05, 3.63) is 47.3 Å². The first-order valence-electron chi connectivity index (χ1n) is 8.59. The molecule has 1 rings (SSSR count). The fourth-order valence-electron chi connectivity index (χ4n) is 1.84. The van der Waals surface area contributed by atoms with Crippen LogP contribution in [0.5, 0.6) is 0 Å². The third kappa shape index (κ3) is 8.98. The Hall–Kier alpha value is -2.30. The van der Waals surface area contributed by atoms with E-state index in [0.29, 0.717) is 31.0 Å². The summed E-state index contributed by atoms with van der Waals surface area (Å²) in [5.41, 5.74) is 14.2. The molecule has 24 heavy (non-hydrogen) atoms. The van der Waals surface area contributed by atoms with Crippen LogP contribution in [0, 0.1) is 0 Å². The van der Waals surface area contributed by atoms with Crippen LogP contribution in [-0.4, -0.2) is 30.2 Å². The highest BCUT2D eigenvalue weighted by molar-refractivity contribution is 5.99. The molecule has 4 N–H and O–H groups in total. The molecule has 0 aromatic heterocycles. The topological polar surface area (TPSA) is 84.7 Å². The molecule has 5 heteroatoms. The number of aliphatic imine (C=N–C) groups is 1. The smallest absolute Gasteiger partial charge is 0.210 e. The van der Waals surface area contributed by atoms with Gasteiger partial charge in [0, 0.05) is 24.2 Å². The summed E-state index contributed by atoms with van der Waals surface area (Å²) in [5, 5.41) is 0. The zero-order valence-electron chi connectivity index (χ0n) is 16.0. The Balaban J connectivity index is 0. The molecule has 1 aliphatic rings. The van der Waals surface area contributed by atoms with Crippen molar-refractivity contribution in [1.82, 2.24) is 4.90 Å². The lowest BCUT2D eigenvalue weighted by molar-refractivity contribution is -0.117. The summed E-state index contributed by atoms with van der Waals surface area (Å²) in [7, 11) is 0. The van der Waals surface area contributed by atoms with Gasteiger partial charge in [0.05, 0.1) is 12.2 Å². The van der Waals surface area contributed by atoms with Gasteiger partial charge in [0.1, 0.15) is 5.84 Å². The third-order valence-electron chi connectivity index (χ3n) is 2.92. The minimum atomic E-state index is 0.364. The van der Waals surface area contributed by atoms with Gasteiger partial charge in [-0.05, 0) is 26.0 Å². The Morgan fingerprint density at radius 3 is 2.29 bits per heavy atom. The zero-order chi connectivity index (χ0) is 19.0. The number of nitrogens with zero attached hydrogens (tertiary/aromatic N) is 2. The van der Waals surface area contributed by atoms with E-state index in [2.05, 4.69) is 4.99 Å². The highest BCUT2D eigenvalue weighted by Gasteiger charge is 2.18. The fourth-order valence-corrected chi connectivity index (χ4v) is 1.84. The average molecular weight is 335 g/mol. The molecule has 0 aromatic carbocycles. The number of carbonyl (C=O) groups excluding carboxylic acids is 1. The maximum atomic E-state index is 10.9. The van der Waals surface area contributed by atoms with Gasteiger partial charge in [-0.1, -0.05) is 45.9 Å². The summed E-state index contributed by atoms with van der Waals surface area (Å²) in [5.74, 6) is 0.364. The van der Waals surface area contributed by atoms with Crippen LogP contribution in [-0.2, 0) is 4.79 Å². The van der Waals surface area contributed by atoms with Crippen LogP contribution >= 0.6 is 0 Å². The lowest BCUT2D eigenvalue weighted by atomic mass is 10.1. The van der Waals surface area contributed by atoms with E-state index >= 15 is 0 Å². The second-order valence-corrected chi connectivity index (χ2v) is 4.44. The summed E-state index contributed by atoms with van der Waals surface area (Å²) >= 11 is 0. The first-order chi connectivity index (χ1) is 11.6. The monoisotopic (exact) mass is 334 g/mol. The molecular weight excluding hydrogens is 300 g/mol. The second kappa shape index (κ2) is 15.6. The molecule has 0 unspecified atom stereocenters. The molecule has 0 radical (unpaired) electrons. The first-order valence-corrected chi connectivity index (χ1v) is 8.59. The van der Waals surface area contributed by atoms with Crippen LogP contribution in [0.15, 0.2) is 52.3 Å². The number of hydrogen-bond donors (Lipinski definition) is 2. The molecule has 0 spiro atoms. The highest BCUT2D eigenvalue weighted by Crippen LogP contribution is 2.14. The number of allylic oxidation sites excluding steroid dienone is 5. The molecule has 5 nitrogen and oxygen atoms in total. The number of hydrogen-bond acceptors (Lipinski definition) is 3. The van der Waals surface area contributed by atoms with Gasteiger partial charge in [-0.15, -0.1) is 0 Å². The lowest BCUT2D eigenvalue weighted by Gasteiger charge is -2.25. The van der Waals surface area contributed by atoms with Crippen LogP contribution in [0.3, 0.4) is 0 Å². The molecule has 0 aliphatic carbocycles. The largest absolute Gasteiger partial charge is 0.402 e. The summed E-state index contributed by atoms with van der Waals surface area (Å²) in [6.07, 6.45) is 10.9. The maximum absolute atomic E-state index is 10.9. The molecule has 1 aliphatic heterocycles. The van der Waals surface area contributed by atoms with Gasteiger partial charge in [-0.25, -0.2) is 4.99 Å². The number of amides is 1. The SMILES string of the molecule is CC.CC.C\C=C/C=C(\C=C/C)N=C(N)C1=C(N)CCN(C=O)C1. The minimum Gasteiger partial charge on any atom is -0.402 e. The lowest BCUT2D eigenvalue weighted by Crippen LogP contribution is -2.37. The summed E-state index contributed by atoms with van der Waals surface area (Å²) in [4.78, 5) is 16.9. The molecule has 0 aromatic rings. The van der Waals surface area contributed by atoms with E-state index in [9.17, 15) is 4.79 Å². The zero-order valence-corrected chi connectivity index (χ0v) is 16.0. The number of carbonyl (C=O) groups is 1. The van der Waals surface area contributed by atoms with Crippen molar-refractivity contribution in [3.8, 4) is 0 Å². The van der Waals surface area contributed by atoms with Gasteiger partial charge < -0.3 is 16.4 Å². The molecule has 0 fully saturated rings. The van der Waals surface area contributed by atoms with Crippen molar-refractivity contribution in [2.45, 2.75) is 48.0 Å². The van der Waals surface area contributed by atoms with Gasteiger partial charge in [-0.2, -0.15) is 0 Å². The number of rotatable bonds is 5. The molecule has 0 bridgehead atoms. The van der Waals surface area contributed by atoms with Crippen molar-refractivity contribution in [2.75, 3.05) is 13.1 Å². The summed E-state index contributed by atoms with van der Waals surface area (Å²) in [6.45, 7) is 12.9. The van der Waals surface area contributed by atoms with Crippen molar-refractivity contribution in [3.63, 3.8) is 0 Å². The van der Waals surface area contributed by atoms with E-state index in [-0.39, 0.29) is 0 Å². The van der Waals surface area contributed by atoms with Crippen molar-refractivity contribution < 1.29 is 4.79 Å². The predicted octanol–water partition coefficient (Wildman–Crippen LogP) is 3.51. The predicted molar refractivity (Wildman–Crippen MR) is 105 cm³/mol. The van der Waals surface area contributed by atoms with Crippen molar-refractivity contribution in [2.24, 2.45) is 16.5 Å². The van der Waals surface area contributed by atoms with Gasteiger partial charge in [0.2, 0.25) is 6.41 Å². The van der Waals surface area contributed by atoms with Crippen molar-refractivity contribution >= 4 is 12.2 Å². The summed E-state index contributed by atoms with van der Waals surface area (Å²) < 4.78 is 0. The first kappa shape index (κ1) is 24.0. The molecule has 0 saturated heterocycles. The Kier molecular flexibility index (Phi) is 15.6. The minimum absolute atomic E-state index is 0.364. The normalized spacial score (nSPS) is 15.8. The van der Waals surface area contributed by atoms with Crippen LogP contribution in [0.1, 0.15) is 48.0 Å². The molecule has 136 valence electrons. The Bertz CT molecular complexity index is 499. The quantitative estimate of drug-likeness (QED) is 0.349. The number of nitrogens with two attached hydrogens (primary N) is 2. The van der Waals surface area contributed by atoms with Crippen LogP contribution in [0.2, 0.25) is 0 Å². The van der Waals surface area contributed by atoms with E-state index in [1.807, 2.05) is 71.9 Å². The van der Waals surface area contributed by atoms with E-state index in [1.54, 1.807) is 4.90 Å². The van der Waals surface area contributed by atoms with Gasteiger partial charge in [-0.3, -0.25) is 4.79 Å². The standard InChI is InChI=1S/C15H22N4O.2C2H6/c1-3-5-7-12(6-4-2)18-15(17)13-10-19(11-20)9-8-14(13)16;2*1-2/h3-7,11H,8-10,16H2,1-2H3,(H2,17,18);2*1-2H3/b5-3-,6-4-,12-7+;;. The highest BCUT2D eigenvalue weighted by atomic mass is 16.1. The van der Waals surface area contributed by atoms with E-state index in [4.69, 9.17) is 11.5 Å². The molecule has 1 heterocycles. The van der Waals surface area contributed by atoms with E-state index in [1.165, 1.54) is 0 Å². The van der Waals surface area contributed by atoms with Gasteiger partial charge >= 0.3 is 0 Å². The maximum Gasteiger partial charge on any atom is 0.210 e. The van der Waals surface area contributed by atoms with Gasteiger partial charge in [0.15, 0.2) is 0 Å². The second-order valence-electron chi connectivity index (χ2n) is 4.44. The average Bonchev–Trinajstić information content (AvgIpc) is 2.63. The van der Waals surface area contributed by atoms with Gasteiger partial charge in [0.25, 0.3) is 0 Å². The number of amidine groups is 1. The molecule has 0 saturated carbocycles. The van der Waals surface area contributed by atoms with Crippen LogP contribution in [0.25, 0.3) is 0 Å². The third-order valence-corrected chi connectivity index (χ3v) is 2.92. The van der Waals surface area contributed by atoms with Crippen molar-refractivity contribution in [1.29, 1.82) is 0 Å². The Morgan fingerprint density at radius 1 is 1.17 bits per heavy atom. The molecule has 1 amide bonds. The molecular formula is C19H34N4O. The van der Waals surface area contributed by atoms with Crippen LogP contribution < -0.4 is 11.5 Å². The molecule has 0 atom stereocenters.